The van der Waals surface area contributed by atoms with Crippen molar-refractivity contribution in [1.82, 2.24) is 9.80 Å². The molecule has 0 radical (unpaired) electrons. The molecule has 6 rings (SSSR count). The summed E-state index contributed by atoms with van der Waals surface area (Å²) in [6.45, 7) is 7.98. The Hall–Kier alpha value is -6.34. The van der Waals surface area contributed by atoms with E-state index in [1.807, 2.05) is 142 Å². The molecule has 13 nitrogen and oxygen atoms in total. The molecule has 13 heteroatoms. The van der Waals surface area contributed by atoms with Crippen LogP contribution in [0.2, 0.25) is 0 Å². The molecule has 0 bridgehead atoms. The van der Waals surface area contributed by atoms with Gasteiger partial charge in [0, 0.05) is 33.5 Å². The van der Waals surface area contributed by atoms with Crippen molar-refractivity contribution in [1.29, 1.82) is 0 Å². The van der Waals surface area contributed by atoms with E-state index in [0.717, 1.165) is 24.0 Å². The molecule has 346 valence electrons. The van der Waals surface area contributed by atoms with Gasteiger partial charge in [-0.15, -0.1) is 0 Å². The number of aliphatic hydroxyl groups excluding tert-OH is 1. The van der Waals surface area contributed by atoms with Gasteiger partial charge in [0.15, 0.2) is 0 Å². The van der Waals surface area contributed by atoms with E-state index in [4.69, 9.17) is 9.84 Å². The highest BCUT2D eigenvalue weighted by atomic mass is 16.6. The van der Waals surface area contributed by atoms with Gasteiger partial charge >= 0.3 is 36.1 Å². The third-order valence-electron chi connectivity index (χ3n) is 9.04. The summed E-state index contributed by atoms with van der Waals surface area (Å²) in [5.41, 5.74) is 4.37. The zero-order chi connectivity index (χ0) is 44.5. The van der Waals surface area contributed by atoms with Crippen molar-refractivity contribution in [2.75, 3.05) is 34.4 Å². The van der Waals surface area contributed by atoms with E-state index in [1.165, 1.54) is 28.0 Å². The highest BCUT2D eigenvalue weighted by Crippen LogP contribution is 2.17. The van der Waals surface area contributed by atoms with E-state index < -0.39 is 36.2 Å². The summed E-state index contributed by atoms with van der Waals surface area (Å²) in [5, 5.41) is 7.57. The van der Waals surface area contributed by atoms with Crippen LogP contribution in [0, 0.1) is 11.8 Å². The highest BCUT2D eigenvalue weighted by Gasteiger charge is 2.39. The first-order valence-electron chi connectivity index (χ1n) is 19.7. The van der Waals surface area contributed by atoms with Crippen LogP contribution in [0.25, 0.3) is 0 Å². The SMILES string of the molecule is C.C.C.CCO.CCOC(=O)[C@@H](C)Cc1ccccc1.CN1C(=O)OC(=O)C1Cc1ccccc1.CN1C(=O)OC(=O)[C@@H]1Cc1ccccc1.COC(=O)[C@H](C)Cc1ccccc1. The van der Waals surface area contributed by atoms with Crippen LogP contribution in [0.1, 0.15) is 72.2 Å². The number of aliphatic hydroxyl groups is 1. The molecule has 2 saturated heterocycles. The first-order valence-corrected chi connectivity index (χ1v) is 19.7. The Balaban J connectivity index is 0. The maximum absolute atomic E-state index is 11.3. The predicted octanol–water partition coefficient (Wildman–Crippen LogP) is 8.79. The lowest BCUT2D eigenvalue weighted by molar-refractivity contribution is -0.147. The minimum Gasteiger partial charge on any atom is -0.469 e. The molecule has 4 aromatic rings. The molecule has 1 N–H and O–H groups in total. The Bertz CT molecular complexity index is 1820. The largest absolute Gasteiger partial charge is 0.469 e. The van der Waals surface area contributed by atoms with Gasteiger partial charge in [-0.3, -0.25) is 19.4 Å². The van der Waals surface area contributed by atoms with Crippen LogP contribution in [0.15, 0.2) is 121 Å². The lowest BCUT2D eigenvalue weighted by Crippen LogP contribution is -2.33. The van der Waals surface area contributed by atoms with Gasteiger partial charge < -0.3 is 24.1 Å². The van der Waals surface area contributed by atoms with Crippen LogP contribution < -0.4 is 0 Å². The number of likely N-dealkylation sites (N-methyl/N-ethyl adjacent to an activating group) is 2. The molecule has 0 saturated carbocycles. The molecule has 0 aliphatic carbocycles. The summed E-state index contributed by atoms with van der Waals surface area (Å²) < 4.78 is 18.6. The van der Waals surface area contributed by atoms with E-state index >= 15 is 0 Å². The minimum absolute atomic E-state index is 0. The second kappa shape index (κ2) is 32.4. The zero-order valence-corrected chi connectivity index (χ0v) is 35.5. The van der Waals surface area contributed by atoms with Crippen molar-refractivity contribution in [2.24, 2.45) is 11.8 Å². The van der Waals surface area contributed by atoms with Crippen LogP contribution >= 0.6 is 0 Å². The predicted molar refractivity (Wildman–Crippen MR) is 247 cm³/mol. The first-order chi connectivity index (χ1) is 28.8. The van der Waals surface area contributed by atoms with Crippen molar-refractivity contribution in [3.05, 3.63) is 144 Å². The van der Waals surface area contributed by atoms with E-state index in [-0.39, 0.29) is 52.7 Å². The fourth-order valence-electron chi connectivity index (χ4n) is 5.73. The monoisotopic (exact) mass is 874 g/mol. The molecular formula is C50H70N2O11. The number of ether oxygens (including phenoxy) is 4. The van der Waals surface area contributed by atoms with Crippen molar-refractivity contribution in [3.8, 4) is 0 Å². The summed E-state index contributed by atoms with van der Waals surface area (Å²) in [7, 11) is 4.56. The Kier molecular flexibility index (Phi) is 30.2. The van der Waals surface area contributed by atoms with Crippen LogP contribution in [-0.2, 0) is 63.8 Å². The summed E-state index contributed by atoms with van der Waals surface area (Å²) >= 11 is 0. The maximum Gasteiger partial charge on any atom is 0.418 e. The van der Waals surface area contributed by atoms with E-state index in [9.17, 15) is 28.8 Å². The molecule has 1 unspecified atom stereocenters. The third-order valence-corrected chi connectivity index (χ3v) is 9.04. The number of esters is 4. The van der Waals surface area contributed by atoms with Crippen LogP contribution in [0.3, 0.4) is 0 Å². The van der Waals surface area contributed by atoms with Crippen LogP contribution in [0.4, 0.5) is 9.59 Å². The molecular weight excluding hydrogens is 805 g/mol. The second-order valence-electron chi connectivity index (χ2n) is 13.8. The molecule has 63 heavy (non-hydrogen) atoms. The Morgan fingerprint density at radius 1 is 0.571 bits per heavy atom. The number of carbonyl (C=O) groups is 6. The summed E-state index contributed by atoms with van der Waals surface area (Å²) in [5.74, 6) is -1.32. The molecule has 2 heterocycles. The maximum atomic E-state index is 11.3. The molecule has 0 aromatic heterocycles. The Morgan fingerprint density at radius 3 is 1.11 bits per heavy atom. The fraction of sp³-hybridized carbons (Fsp3) is 0.400. The number of hydrogen-bond donors (Lipinski definition) is 1. The standard InChI is InChI=1S/C12H16O2.2C11H11NO3.C11H14O2.C2H6O.3CH4/c1-3-14-12(13)10(2)9-11-7-5-4-6-8-11;2*1-12-9(10(13)15-11(12)14)7-8-5-3-2-4-6-8;1-9(11(12)13-2)8-10-6-4-3-5-7-10;1-2-3;;;/h4-8,10H,3,9H2,1-2H3;2*2-6,9H,7H2,1H3;3-7,9H,8H2,1-2H3;3H,2H2,1H3;3*1H4/t10-;9-;;9-;;;;/m00.1..../s1. The normalized spacial score (nSPS) is 15.3. The number of amides is 2. The summed E-state index contributed by atoms with van der Waals surface area (Å²) in [6.07, 6.45) is 1.36. The van der Waals surface area contributed by atoms with Crippen LogP contribution in [0.5, 0.6) is 0 Å². The number of rotatable bonds is 11. The van der Waals surface area contributed by atoms with Gasteiger partial charge in [-0.1, -0.05) is 157 Å². The quantitative estimate of drug-likeness (QED) is 0.0870. The van der Waals surface area contributed by atoms with Crippen molar-refractivity contribution >= 4 is 36.1 Å². The smallest absolute Gasteiger partial charge is 0.418 e. The Morgan fingerprint density at radius 2 is 0.857 bits per heavy atom. The molecule has 0 spiro atoms. The summed E-state index contributed by atoms with van der Waals surface area (Å²) in [4.78, 5) is 69.8. The molecule has 2 amide bonds. The molecule has 4 aromatic carbocycles. The zero-order valence-electron chi connectivity index (χ0n) is 35.5. The average Bonchev–Trinajstić information content (AvgIpc) is 3.64. The number of hydrogen-bond acceptors (Lipinski definition) is 11. The molecule has 2 aliphatic heterocycles. The van der Waals surface area contributed by atoms with Gasteiger partial charge in [0.25, 0.3) is 0 Å². The lowest BCUT2D eigenvalue weighted by Gasteiger charge is -2.13. The highest BCUT2D eigenvalue weighted by molar-refractivity contribution is 5.96. The van der Waals surface area contributed by atoms with E-state index in [1.54, 1.807) is 21.0 Å². The fourth-order valence-corrected chi connectivity index (χ4v) is 5.73. The second-order valence-corrected chi connectivity index (χ2v) is 13.8. The van der Waals surface area contributed by atoms with Crippen LogP contribution in [-0.4, -0.2) is 97.5 Å². The minimum atomic E-state index is -0.569. The first kappa shape index (κ1) is 58.8. The number of carbonyl (C=O) groups excluding carboxylic acids is 6. The van der Waals surface area contributed by atoms with Gasteiger partial charge in [0.1, 0.15) is 12.1 Å². The van der Waals surface area contributed by atoms with E-state index in [2.05, 4.69) is 14.2 Å². The van der Waals surface area contributed by atoms with Gasteiger partial charge in [-0.2, -0.15) is 0 Å². The van der Waals surface area contributed by atoms with Gasteiger partial charge in [0.2, 0.25) is 0 Å². The van der Waals surface area contributed by atoms with Crippen molar-refractivity contribution < 1.29 is 52.8 Å². The van der Waals surface area contributed by atoms with Crippen molar-refractivity contribution in [3.63, 3.8) is 0 Å². The lowest BCUT2D eigenvalue weighted by atomic mass is 10.0. The van der Waals surface area contributed by atoms with Gasteiger partial charge in [-0.25, -0.2) is 19.2 Å². The number of cyclic esters (lactones) is 4. The van der Waals surface area contributed by atoms with Gasteiger partial charge in [-0.05, 0) is 48.9 Å². The van der Waals surface area contributed by atoms with Crippen molar-refractivity contribution in [2.45, 2.75) is 87.7 Å². The average molecular weight is 875 g/mol. The number of nitrogens with zero attached hydrogens (tertiary/aromatic N) is 2. The Labute approximate surface area is 375 Å². The molecule has 4 atom stereocenters. The van der Waals surface area contributed by atoms with Gasteiger partial charge in [0.05, 0.1) is 25.6 Å². The molecule has 2 fully saturated rings. The molecule has 2 aliphatic rings. The number of methoxy groups -OCH3 is 1. The van der Waals surface area contributed by atoms with E-state index in [0.29, 0.717) is 19.4 Å². The summed E-state index contributed by atoms with van der Waals surface area (Å²) in [6, 6.07) is 38.0. The topological polar surface area (TPSA) is 166 Å². The number of benzene rings is 4. The third kappa shape index (κ3) is 21.3.